The summed E-state index contributed by atoms with van der Waals surface area (Å²) in [6, 6.07) is 6.76. The van der Waals surface area contributed by atoms with Gasteiger partial charge in [-0.15, -0.1) is 11.3 Å². The Kier molecular flexibility index (Phi) is 7.68. The number of carbonyl (C=O) groups excluding carboxylic acids is 1. The third-order valence-electron chi connectivity index (χ3n) is 4.87. The number of halogens is 1. The summed E-state index contributed by atoms with van der Waals surface area (Å²) in [5.41, 5.74) is 1.62. The summed E-state index contributed by atoms with van der Waals surface area (Å²) in [6.45, 7) is 6.49. The predicted molar refractivity (Wildman–Crippen MR) is 123 cm³/mol. The van der Waals surface area contributed by atoms with Gasteiger partial charge in [-0.2, -0.15) is 0 Å². The molecule has 0 fully saturated rings. The van der Waals surface area contributed by atoms with Crippen LogP contribution in [0.3, 0.4) is 0 Å². The second kappa shape index (κ2) is 10.3. The summed E-state index contributed by atoms with van der Waals surface area (Å²) >= 11 is 1.26. The average Bonchev–Trinajstić information content (AvgIpc) is 3.34. The fourth-order valence-electron chi connectivity index (χ4n) is 3.24. The van der Waals surface area contributed by atoms with Crippen molar-refractivity contribution >= 4 is 28.3 Å². The zero-order valence-corrected chi connectivity index (χ0v) is 20.1. The van der Waals surface area contributed by atoms with Crippen LogP contribution in [0.5, 0.6) is 5.06 Å². The summed E-state index contributed by atoms with van der Waals surface area (Å²) in [5.74, 6) is 0.859. The standard InChI is InChI=1S/C22H26FN3O4S2/c1-5-20-24-8-9-26(20)13-16-7-6-15(11-19(16)23)18-12-17(10-14(2)3)31-21(18)30-22(27)25(4)32(28)29/h6-9,11-12,14,32H,5,10,13H2,1-4H3. The first-order chi connectivity index (χ1) is 15.2. The van der Waals surface area contributed by atoms with Crippen LogP contribution in [-0.4, -0.2) is 35.4 Å². The Balaban J connectivity index is 1.93. The molecule has 0 radical (unpaired) electrons. The number of carbonyl (C=O) groups is 1. The zero-order chi connectivity index (χ0) is 23.4. The molecule has 3 rings (SSSR count). The molecule has 1 aromatic carbocycles. The number of nitrogens with zero attached hydrogens (tertiary/aromatic N) is 3. The van der Waals surface area contributed by atoms with Crippen LogP contribution in [0.15, 0.2) is 36.7 Å². The number of hydrogen-bond donors (Lipinski definition) is 1. The smallest absolute Gasteiger partial charge is 0.398 e. The second-order valence-corrected chi connectivity index (χ2v) is 9.95. The van der Waals surface area contributed by atoms with Crippen molar-refractivity contribution in [1.82, 2.24) is 13.9 Å². The number of thiophene rings is 1. The summed E-state index contributed by atoms with van der Waals surface area (Å²) in [5, 5.41) is 0.240. The molecule has 0 aliphatic carbocycles. The first-order valence-electron chi connectivity index (χ1n) is 10.2. The molecule has 0 N–H and O–H groups in total. The number of thiol groups is 1. The minimum absolute atomic E-state index is 0.240. The molecule has 0 aliphatic heterocycles. The molecule has 2 heterocycles. The van der Waals surface area contributed by atoms with E-state index < -0.39 is 17.0 Å². The molecule has 172 valence electrons. The molecule has 3 aromatic rings. The third-order valence-corrected chi connectivity index (χ3v) is 6.56. The van der Waals surface area contributed by atoms with E-state index in [0.29, 0.717) is 33.5 Å². The van der Waals surface area contributed by atoms with E-state index in [-0.39, 0.29) is 10.9 Å². The molecule has 0 bridgehead atoms. The van der Waals surface area contributed by atoms with Crippen molar-refractivity contribution in [3.63, 3.8) is 0 Å². The lowest BCUT2D eigenvalue weighted by molar-refractivity contribution is 0.187. The molecule has 10 heteroatoms. The Labute approximate surface area is 192 Å². The van der Waals surface area contributed by atoms with Gasteiger partial charge >= 0.3 is 6.09 Å². The van der Waals surface area contributed by atoms with E-state index in [1.807, 2.05) is 23.8 Å². The molecule has 1 amide bonds. The van der Waals surface area contributed by atoms with Crippen LogP contribution in [0.1, 0.15) is 37.0 Å². The fraction of sp³-hybridized carbons (Fsp3) is 0.364. The van der Waals surface area contributed by atoms with E-state index in [0.717, 1.165) is 30.6 Å². The fourth-order valence-corrected chi connectivity index (χ4v) is 4.65. The van der Waals surface area contributed by atoms with Gasteiger partial charge in [0.05, 0.1) is 6.54 Å². The lowest BCUT2D eigenvalue weighted by atomic mass is 10.0. The molecule has 7 nitrogen and oxygen atoms in total. The molecule has 0 unspecified atom stereocenters. The Morgan fingerprint density at radius 2 is 2.06 bits per heavy atom. The SMILES string of the molecule is CCc1nccn1Cc1ccc(-c2cc(CC(C)C)sc2OC(=O)N(C)[SH](=O)=O)cc1F. The first kappa shape index (κ1) is 23.9. The van der Waals surface area contributed by atoms with E-state index >= 15 is 0 Å². The quantitative estimate of drug-likeness (QED) is 0.481. The van der Waals surface area contributed by atoms with Crippen molar-refractivity contribution in [2.45, 2.75) is 40.2 Å². The van der Waals surface area contributed by atoms with Crippen molar-refractivity contribution in [2.75, 3.05) is 7.05 Å². The number of ether oxygens (including phenoxy) is 1. The number of aromatic nitrogens is 2. The van der Waals surface area contributed by atoms with Crippen molar-refractivity contribution in [1.29, 1.82) is 0 Å². The van der Waals surface area contributed by atoms with Gasteiger partial charge in [-0.05, 0) is 30.0 Å². The summed E-state index contributed by atoms with van der Waals surface area (Å²) in [7, 11) is -1.99. The highest BCUT2D eigenvalue weighted by Crippen LogP contribution is 2.40. The molecule has 0 aliphatic rings. The maximum atomic E-state index is 15.0. The third kappa shape index (κ3) is 5.55. The summed E-state index contributed by atoms with van der Waals surface area (Å²) < 4.78 is 44.9. The number of aryl methyl sites for hydroxylation is 1. The maximum absolute atomic E-state index is 15.0. The van der Waals surface area contributed by atoms with Crippen molar-refractivity contribution in [2.24, 2.45) is 5.92 Å². The van der Waals surface area contributed by atoms with Gasteiger partial charge in [-0.1, -0.05) is 32.9 Å². The van der Waals surface area contributed by atoms with Crippen LogP contribution >= 0.6 is 11.3 Å². The molecule has 0 saturated carbocycles. The highest BCUT2D eigenvalue weighted by atomic mass is 32.2. The first-order valence-corrected chi connectivity index (χ1v) is 12.2. The largest absolute Gasteiger partial charge is 0.429 e. The Morgan fingerprint density at radius 3 is 2.69 bits per heavy atom. The van der Waals surface area contributed by atoms with Gasteiger partial charge in [0, 0.05) is 41.9 Å². The van der Waals surface area contributed by atoms with Crippen LogP contribution in [0.4, 0.5) is 9.18 Å². The van der Waals surface area contributed by atoms with Gasteiger partial charge in [0.1, 0.15) is 11.6 Å². The van der Waals surface area contributed by atoms with Crippen LogP contribution in [0, 0.1) is 11.7 Å². The average molecular weight is 480 g/mol. The van der Waals surface area contributed by atoms with E-state index in [9.17, 15) is 17.6 Å². The molecule has 0 spiro atoms. The maximum Gasteiger partial charge on any atom is 0.429 e. The number of imidazole rings is 1. The number of amides is 1. The highest BCUT2D eigenvalue weighted by Gasteiger charge is 2.20. The van der Waals surface area contributed by atoms with Gasteiger partial charge in [0.15, 0.2) is 5.06 Å². The minimum Gasteiger partial charge on any atom is -0.398 e. The van der Waals surface area contributed by atoms with E-state index in [2.05, 4.69) is 18.8 Å². The van der Waals surface area contributed by atoms with Gasteiger partial charge in [-0.3, -0.25) is 0 Å². The van der Waals surface area contributed by atoms with Crippen molar-refractivity contribution in [3.8, 4) is 16.2 Å². The highest BCUT2D eigenvalue weighted by molar-refractivity contribution is 7.70. The molecule has 0 atom stereocenters. The Bertz CT molecular complexity index is 1180. The molecular weight excluding hydrogens is 453 g/mol. The number of benzene rings is 1. The Morgan fingerprint density at radius 1 is 1.31 bits per heavy atom. The van der Waals surface area contributed by atoms with Gasteiger partial charge in [0.2, 0.25) is 10.9 Å². The van der Waals surface area contributed by atoms with Crippen LogP contribution in [0.2, 0.25) is 0 Å². The van der Waals surface area contributed by atoms with Crippen molar-refractivity contribution < 1.29 is 22.3 Å². The van der Waals surface area contributed by atoms with Crippen molar-refractivity contribution in [3.05, 3.63) is 58.7 Å². The van der Waals surface area contributed by atoms with Gasteiger partial charge in [-0.25, -0.2) is 26.9 Å². The lowest BCUT2D eigenvalue weighted by Crippen LogP contribution is -2.28. The van der Waals surface area contributed by atoms with E-state index in [1.54, 1.807) is 18.3 Å². The van der Waals surface area contributed by atoms with Crippen LogP contribution in [-0.2, 0) is 30.3 Å². The van der Waals surface area contributed by atoms with Crippen LogP contribution in [0.25, 0.3) is 11.1 Å². The van der Waals surface area contributed by atoms with Crippen LogP contribution < -0.4 is 4.74 Å². The normalized spacial score (nSPS) is 11.3. The van der Waals surface area contributed by atoms with E-state index in [1.165, 1.54) is 17.4 Å². The monoisotopic (exact) mass is 479 g/mol. The van der Waals surface area contributed by atoms with Gasteiger partial charge in [0.25, 0.3) is 0 Å². The minimum atomic E-state index is -3.11. The number of hydrogen-bond acceptors (Lipinski definition) is 6. The topological polar surface area (TPSA) is 81.5 Å². The zero-order valence-electron chi connectivity index (χ0n) is 18.4. The predicted octanol–water partition coefficient (Wildman–Crippen LogP) is 4.52. The summed E-state index contributed by atoms with van der Waals surface area (Å²) in [4.78, 5) is 17.4. The molecule has 2 aromatic heterocycles. The Hall–Kier alpha value is -2.72. The summed E-state index contributed by atoms with van der Waals surface area (Å²) in [6.07, 6.45) is 4.00. The van der Waals surface area contributed by atoms with Gasteiger partial charge < -0.3 is 9.30 Å². The second-order valence-electron chi connectivity index (χ2n) is 7.77. The van der Waals surface area contributed by atoms with E-state index in [4.69, 9.17) is 4.74 Å². The molecular formula is C22H26FN3O4S2. The lowest BCUT2D eigenvalue weighted by Gasteiger charge is -2.11. The molecule has 32 heavy (non-hydrogen) atoms. The molecule has 0 saturated heterocycles. The number of rotatable bonds is 8.